The van der Waals surface area contributed by atoms with Gasteiger partial charge in [-0.2, -0.15) is 0 Å². The summed E-state index contributed by atoms with van der Waals surface area (Å²) < 4.78 is 10.9. The monoisotopic (exact) mass is 330 g/mol. The molecule has 6 nitrogen and oxygen atoms in total. The molecule has 2 aliphatic heterocycles. The number of carboxylic acid groups (broad SMARTS) is 2. The molecule has 2 heterocycles. The van der Waals surface area contributed by atoms with Crippen LogP contribution in [0.2, 0.25) is 0 Å². The van der Waals surface area contributed by atoms with Crippen molar-refractivity contribution in [1.82, 2.24) is 0 Å². The van der Waals surface area contributed by atoms with E-state index in [4.69, 9.17) is 9.47 Å². The first kappa shape index (κ1) is 14.0. The Balaban J connectivity index is 1.80. The predicted octanol–water partition coefficient (Wildman–Crippen LogP) is 2.38. The lowest BCUT2D eigenvalue weighted by Gasteiger charge is -2.47. The number of para-hydroxylation sites is 2. The zero-order chi connectivity index (χ0) is 16.2. The molecular formula is C16H10O6S. The van der Waals surface area contributed by atoms with Gasteiger partial charge in [0.05, 0.1) is 11.1 Å². The molecule has 2 aromatic rings. The van der Waals surface area contributed by atoms with Crippen molar-refractivity contribution < 1.29 is 29.3 Å². The summed E-state index contributed by atoms with van der Waals surface area (Å²) in [4.78, 5) is 20.0. The van der Waals surface area contributed by atoms with Gasteiger partial charge in [-0.1, -0.05) is 24.3 Å². The molecule has 2 unspecified atom stereocenters. The molecule has 0 radical (unpaired) electrons. The average Bonchev–Trinajstić information content (AvgIpc) is 2.48. The summed E-state index contributed by atoms with van der Waals surface area (Å²) in [5.74, 6) is -1.68. The maximum Gasteiger partial charge on any atom is 0.364 e. The minimum absolute atomic E-state index is 0.422. The number of rotatable bonds is 4. The number of benzene rings is 2. The molecule has 0 aliphatic carbocycles. The van der Waals surface area contributed by atoms with Crippen LogP contribution >= 0.6 is 11.8 Å². The van der Waals surface area contributed by atoms with Gasteiger partial charge in [-0.25, -0.2) is 9.59 Å². The Bertz CT molecular complexity index is 780. The fourth-order valence-corrected chi connectivity index (χ4v) is 4.14. The first-order valence-electron chi connectivity index (χ1n) is 6.73. The normalized spacial score (nSPS) is 26.4. The van der Waals surface area contributed by atoms with Crippen molar-refractivity contribution >= 4 is 23.7 Å². The number of carboxylic acids is 2. The molecule has 0 spiro atoms. The maximum absolute atomic E-state index is 11.8. The van der Waals surface area contributed by atoms with Gasteiger partial charge in [-0.3, -0.25) is 0 Å². The summed E-state index contributed by atoms with van der Waals surface area (Å²) in [5.41, 5.74) is 0.845. The third kappa shape index (κ3) is 1.65. The molecule has 2 atom stereocenters. The summed E-state index contributed by atoms with van der Waals surface area (Å²) in [6.07, 6.45) is 0. The quantitative estimate of drug-likeness (QED) is 0.889. The van der Waals surface area contributed by atoms with E-state index in [-0.39, 0.29) is 0 Å². The van der Waals surface area contributed by atoms with Gasteiger partial charge in [0.15, 0.2) is 0 Å². The van der Waals surface area contributed by atoms with Gasteiger partial charge in [0, 0.05) is 0 Å². The van der Waals surface area contributed by atoms with Gasteiger partial charge in [0.2, 0.25) is 0 Å². The van der Waals surface area contributed by atoms with E-state index in [9.17, 15) is 19.8 Å². The van der Waals surface area contributed by atoms with E-state index < -0.39 is 21.8 Å². The summed E-state index contributed by atoms with van der Waals surface area (Å²) in [6, 6.07) is 13.3. The molecule has 7 heteroatoms. The highest BCUT2D eigenvalue weighted by molar-refractivity contribution is 8.02. The number of ether oxygens (including phenoxy) is 2. The highest BCUT2D eigenvalue weighted by Crippen LogP contribution is 2.62. The van der Waals surface area contributed by atoms with E-state index in [2.05, 4.69) is 0 Å². The third-order valence-electron chi connectivity index (χ3n) is 3.84. The molecule has 0 amide bonds. The van der Waals surface area contributed by atoms with E-state index in [0.717, 1.165) is 0 Å². The number of carbonyl (C=O) groups is 2. The van der Waals surface area contributed by atoms with Crippen molar-refractivity contribution in [3.8, 4) is 11.5 Å². The lowest BCUT2D eigenvalue weighted by Crippen LogP contribution is -2.55. The fraction of sp³-hybridized carbons (Fsp3) is 0.125. The molecule has 2 N–H and O–H groups in total. The van der Waals surface area contributed by atoms with E-state index in [0.29, 0.717) is 34.4 Å². The van der Waals surface area contributed by atoms with Crippen molar-refractivity contribution in [3.63, 3.8) is 0 Å². The molecule has 0 aromatic heterocycles. The Morgan fingerprint density at radius 1 is 0.783 bits per heavy atom. The van der Waals surface area contributed by atoms with Crippen molar-refractivity contribution in [3.05, 3.63) is 59.7 Å². The maximum atomic E-state index is 11.8. The standard InChI is InChI=1S/C16H10O6S/c17-13(18)15(9-5-1-3-7-11(9)21-15)23-16(14(19)20)10-6-2-4-8-12(10)22-16/h1-8H,(H,17,18)(H,19,20). The van der Waals surface area contributed by atoms with Gasteiger partial charge in [-0.05, 0) is 36.0 Å². The molecule has 0 bridgehead atoms. The Labute approximate surface area is 134 Å². The zero-order valence-corrected chi connectivity index (χ0v) is 12.4. The second kappa shape index (κ2) is 4.42. The summed E-state index contributed by atoms with van der Waals surface area (Å²) >= 11 is 0.626. The van der Waals surface area contributed by atoms with E-state index >= 15 is 0 Å². The van der Waals surface area contributed by atoms with Crippen molar-refractivity contribution in [2.45, 2.75) is 9.87 Å². The smallest absolute Gasteiger partial charge is 0.364 e. The van der Waals surface area contributed by atoms with Crippen molar-refractivity contribution in [2.24, 2.45) is 0 Å². The van der Waals surface area contributed by atoms with Crippen LogP contribution < -0.4 is 9.47 Å². The zero-order valence-electron chi connectivity index (χ0n) is 11.6. The van der Waals surface area contributed by atoms with Gasteiger partial charge in [0.1, 0.15) is 11.5 Å². The fourth-order valence-electron chi connectivity index (χ4n) is 2.74. The molecule has 0 saturated carbocycles. The van der Waals surface area contributed by atoms with Crippen LogP contribution in [0, 0.1) is 0 Å². The molecule has 2 aliphatic rings. The first-order chi connectivity index (χ1) is 11.0. The Morgan fingerprint density at radius 2 is 1.17 bits per heavy atom. The number of aliphatic carboxylic acids is 2. The van der Waals surface area contributed by atoms with Gasteiger partial charge < -0.3 is 19.7 Å². The van der Waals surface area contributed by atoms with Crippen LogP contribution in [-0.2, 0) is 19.5 Å². The summed E-state index contributed by atoms with van der Waals surface area (Å²) in [7, 11) is 0. The highest BCUT2D eigenvalue weighted by atomic mass is 32.2. The van der Waals surface area contributed by atoms with Crippen LogP contribution in [0.25, 0.3) is 0 Å². The lowest BCUT2D eigenvalue weighted by atomic mass is 10.0. The SMILES string of the molecule is O=C(O)C1(SC2(C(=O)O)Oc3ccccc32)Oc2ccccc21. The van der Waals surface area contributed by atoms with Crippen LogP contribution in [0.5, 0.6) is 11.5 Å². The molecule has 116 valence electrons. The van der Waals surface area contributed by atoms with Crippen molar-refractivity contribution in [2.75, 3.05) is 0 Å². The first-order valence-corrected chi connectivity index (χ1v) is 7.55. The van der Waals surface area contributed by atoms with Crippen molar-refractivity contribution in [1.29, 1.82) is 0 Å². The lowest BCUT2D eigenvalue weighted by molar-refractivity contribution is -0.154. The topological polar surface area (TPSA) is 93.1 Å². The van der Waals surface area contributed by atoms with Crippen LogP contribution in [0.3, 0.4) is 0 Å². The van der Waals surface area contributed by atoms with E-state index in [1.807, 2.05) is 0 Å². The Hall–Kier alpha value is -2.67. The third-order valence-corrected chi connectivity index (χ3v) is 5.37. The number of hydrogen-bond acceptors (Lipinski definition) is 5. The molecule has 23 heavy (non-hydrogen) atoms. The predicted molar refractivity (Wildman–Crippen MR) is 80.4 cm³/mol. The summed E-state index contributed by atoms with van der Waals surface area (Å²) in [6.45, 7) is 0. The molecule has 0 saturated heterocycles. The number of fused-ring (bicyclic) bond motifs is 2. The Kier molecular flexibility index (Phi) is 2.68. The molecular weight excluding hydrogens is 320 g/mol. The minimum atomic E-state index is -1.80. The average molecular weight is 330 g/mol. The number of thioether (sulfide) groups is 1. The van der Waals surface area contributed by atoms with E-state index in [1.54, 1.807) is 48.5 Å². The second-order valence-electron chi connectivity index (χ2n) is 5.14. The van der Waals surface area contributed by atoms with Gasteiger partial charge >= 0.3 is 11.9 Å². The molecule has 2 aromatic carbocycles. The minimum Gasteiger partial charge on any atom is -0.477 e. The van der Waals surface area contributed by atoms with Gasteiger partial charge in [-0.15, -0.1) is 0 Å². The highest BCUT2D eigenvalue weighted by Gasteiger charge is 2.65. The van der Waals surface area contributed by atoms with Crippen LogP contribution in [0.4, 0.5) is 0 Å². The van der Waals surface area contributed by atoms with E-state index in [1.165, 1.54) is 0 Å². The molecule has 4 rings (SSSR count). The van der Waals surface area contributed by atoms with Crippen LogP contribution in [0.15, 0.2) is 48.5 Å². The largest absolute Gasteiger partial charge is 0.477 e. The number of hydrogen-bond donors (Lipinski definition) is 2. The van der Waals surface area contributed by atoms with Crippen LogP contribution in [0.1, 0.15) is 11.1 Å². The Morgan fingerprint density at radius 3 is 1.52 bits per heavy atom. The van der Waals surface area contributed by atoms with Gasteiger partial charge in [0.25, 0.3) is 9.87 Å². The van der Waals surface area contributed by atoms with Crippen LogP contribution in [-0.4, -0.2) is 22.2 Å². The summed E-state index contributed by atoms with van der Waals surface area (Å²) in [5, 5.41) is 19.3. The second-order valence-corrected chi connectivity index (χ2v) is 6.50. The molecule has 0 fully saturated rings.